The van der Waals surface area contributed by atoms with Crippen molar-refractivity contribution in [3.05, 3.63) is 40.1 Å². The average molecular weight is 411 g/mol. The molecule has 1 aliphatic rings. The molecule has 1 N–H and O–H groups in total. The third-order valence-electron chi connectivity index (χ3n) is 4.15. The van der Waals surface area contributed by atoms with Gasteiger partial charge in [-0.05, 0) is 43.0 Å². The zero-order valence-corrected chi connectivity index (χ0v) is 16.2. The van der Waals surface area contributed by atoms with Crippen LogP contribution in [0, 0.1) is 11.7 Å². The number of amides is 2. The number of halogens is 2. The van der Waals surface area contributed by atoms with Crippen molar-refractivity contribution in [1.29, 1.82) is 0 Å². The van der Waals surface area contributed by atoms with E-state index in [1.54, 1.807) is 12.1 Å². The van der Waals surface area contributed by atoms with Crippen molar-refractivity contribution in [1.82, 2.24) is 10.2 Å². The highest BCUT2D eigenvalue weighted by Crippen LogP contribution is 2.17. The van der Waals surface area contributed by atoms with E-state index in [0.717, 1.165) is 17.3 Å². The second kappa shape index (κ2) is 9.13. The van der Waals surface area contributed by atoms with Crippen LogP contribution >= 0.6 is 15.9 Å². The van der Waals surface area contributed by atoms with Gasteiger partial charge in [-0.15, -0.1) is 0 Å². The molecule has 0 aliphatic carbocycles. The fraction of sp³-hybridized carbons (Fsp3) is 0.474. The Balaban J connectivity index is 1.81. The van der Waals surface area contributed by atoms with Gasteiger partial charge in [-0.1, -0.05) is 29.8 Å². The van der Waals surface area contributed by atoms with Crippen LogP contribution in [0.4, 0.5) is 4.39 Å². The topological polar surface area (TPSA) is 49.4 Å². The van der Waals surface area contributed by atoms with E-state index >= 15 is 0 Å². The van der Waals surface area contributed by atoms with Crippen LogP contribution in [0.25, 0.3) is 6.08 Å². The molecule has 0 unspecified atom stereocenters. The minimum Gasteiger partial charge on any atom is -0.350 e. The lowest BCUT2D eigenvalue weighted by atomic mass is 10.0. The number of carbonyl (C=O) groups is 2. The van der Waals surface area contributed by atoms with E-state index in [-0.39, 0.29) is 23.7 Å². The Morgan fingerprint density at radius 1 is 1.36 bits per heavy atom. The first-order valence-corrected chi connectivity index (χ1v) is 9.36. The summed E-state index contributed by atoms with van der Waals surface area (Å²) in [6.07, 6.45) is 4.87. The van der Waals surface area contributed by atoms with Crippen LogP contribution in [0.2, 0.25) is 0 Å². The van der Waals surface area contributed by atoms with E-state index < -0.39 is 0 Å². The van der Waals surface area contributed by atoms with Crippen molar-refractivity contribution >= 4 is 33.8 Å². The van der Waals surface area contributed by atoms with E-state index in [9.17, 15) is 14.0 Å². The molecule has 0 atom stereocenters. The Hall–Kier alpha value is -1.69. The van der Waals surface area contributed by atoms with Gasteiger partial charge in [0.15, 0.2) is 0 Å². The number of hydrogen-bond acceptors (Lipinski definition) is 2. The molecule has 1 aliphatic heterocycles. The maximum absolute atomic E-state index is 13.6. The first-order valence-electron chi connectivity index (χ1n) is 8.56. The molecule has 6 heteroatoms. The van der Waals surface area contributed by atoms with Gasteiger partial charge in [0.1, 0.15) is 5.82 Å². The third kappa shape index (κ3) is 6.27. The van der Waals surface area contributed by atoms with E-state index in [1.807, 2.05) is 18.7 Å². The Morgan fingerprint density at radius 2 is 2.04 bits per heavy atom. The fourth-order valence-electron chi connectivity index (χ4n) is 2.81. The second-order valence-corrected chi connectivity index (χ2v) is 7.68. The lowest BCUT2D eigenvalue weighted by Crippen LogP contribution is -2.46. The highest BCUT2D eigenvalue weighted by Gasteiger charge is 2.23. The fourth-order valence-corrected chi connectivity index (χ4v) is 3.19. The summed E-state index contributed by atoms with van der Waals surface area (Å²) >= 11 is 3.28. The summed E-state index contributed by atoms with van der Waals surface area (Å²) in [5.74, 6) is -0.0751. The molecule has 0 aromatic heterocycles. The SMILES string of the molecule is CC(C)CC(=O)N1CCC(NC(=O)C=Cc2cc(Br)ccc2F)CC1. The lowest BCUT2D eigenvalue weighted by molar-refractivity contribution is -0.133. The molecule has 0 spiro atoms. The normalized spacial score (nSPS) is 15.8. The summed E-state index contributed by atoms with van der Waals surface area (Å²) in [4.78, 5) is 25.9. The van der Waals surface area contributed by atoms with Crippen LogP contribution < -0.4 is 5.32 Å². The quantitative estimate of drug-likeness (QED) is 0.751. The number of likely N-dealkylation sites (tertiary alicyclic amines) is 1. The molecule has 1 aromatic carbocycles. The minimum absolute atomic E-state index is 0.0487. The maximum Gasteiger partial charge on any atom is 0.244 e. The molecule has 4 nitrogen and oxygen atoms in total. The average Bonchev–Trinajstić information content (AvgIpc) is 2.55. The summed E-state index contributed by atoms with van der Waals surface area (Å²) in [5, 5.41) is 2.93. The van der Waals surface area contributed by atoms with Gasteiger partial charge in [-0.3, -0.25) is 9.59 Å². The van der Waals surface area contributed by atoms with Gasteiger partial charge < -0.3 is 10.2 Å². The molecule has 1 aromatic rings. The Labute approximate surface area is 156 Å². The van der Waals surface area contributed by atoms with Gasteiger partial charge in [0.2, 0.25) is 11.8 Å². The third-order valence-corrected chi connectivity index (χ3v) is 4.64. The van der Waals surface area contributed by atoms with Crippen molar-refractivity contribution in [2.75, 3.05) is 13.1 Å². The van der Waals surface area contributed by atoms with E-state index in [4.69, 9.17) is 0 Å². The van der Waals surface area contributed by atoms with Crippen molar-refractivity contribution in [3.63, 3.8) is 0 Å². The van der Waals surface area contributed by atoms with Gasteiger partial charge in [0.25, 0.3) is 0 Å². The number of benzene rings is 1. The number of hydrogen-bond donors (Lipinski definition) is 1. The molecule has 136 valence electrons. The summed E-state index contributed by atoms with van der Waals surface area (Å²) < 4.78 is 14.4. The Kier molecular flexibility index (Phi) is 7.17. The molecule has 2 amide bonds. The number of rotatable bonds is 5. The van der Waals surface area contributed by atoms with Gasteiger partial charge in [-0.2, -0.15) is 0 Å². The van der Waals surface area contributed by atoms with E-state index in [2.05, 4.69) is 21.2 Å². The van der Waals surface area contributed by atoms with Crippen LogP contribution in [-0.4, -0.2) is 35.8 Å². The summed E-state index contributed by atoms with van der Waals surface area (Å²) in [7, 11) is 0. The summed E-state index contributed by atoms with van der Waals surface area (Å²) in [5.41, 5.74) is 0.360. The molecule has 1 saturated heterocycles. The zero-order valence-electron chi connectivity index (χ0n) is 14.6. The van der Waals surface area contributed by atoms with E-state index in [1.165, 1.54) is 18.2 Å². The number of nitrogens with one attached hydrogen (secondary N) is 1. The van der Waals surface area contributed by atoms with E-state index in [0.29, 0.717) is 31.0 Å². The first kappa shape index (κ1) is 19.6. The molecule has 0 saturated carbocycles. The van der Waals surface area contributed by atoms with Crippen LogP contribution in [0.1, 0.15) is 38.7 Å². The smallest absolute Gasteiger partial charge is 0.244 e. The van der Waals surface area contributed by atoms with Gasteiger partial charge in [-0.25, -0.2) is 4.39 Å². The second-order valence-electron chi connectivity index (χ2n) is 6.76. The molecule has 0 bridgehead atoms. The largest absolute Gasteiger partial charge is 0.350 e. The minimum atomic E-state index is -0.371. The zero-order chi connectivity index (χ0) is 18.4. The molecule has 1 fully saturated rings. The summed E-state index contributed by atoms with van der Waals surface area (Å²) in [6.45, 7) is 5.40. The molecular weight excluding hydrogens is 387 g/mol. The highest BCUT2D eigenvalue weighted by molar-refractivity contribution is 9.10. The van der Waals surface area contributed by atoms with Crippen molar-refractivity contribution in [3.8, 4) is 0 Å². The molecule has 25 heavy (non-hydrogen) atoms. The Bertz CT molecular complexity index is 653. The monoisotopic (exact) mass is 410 g/mol. The Morgan fingerprint density at radius 3 is 2.68 bits per heavy atom. The van der Waals surface area contributed by atoms with Crippen LogP contribution in [0.3, 0.4) is 0 Å². The standard InChI is InChI=1S/C19H24BrFN2O2/c1-13(2)11-19(25)23-9-7-16(8-10-23)22-18(24)6-3-14-12-15(20)4-5-17(14)21/h3-6,12-13,16H,7-11H2,1-2H3,(H,22,24). The highest BCUT2D eigenvalue weighted by atomic mass is 79.9. The van der Waals surface area contributed by atoms with Crippen molar-refractivity contribution < 1.29 is 14.0 Å². The number of nitrogens with zero attached hydrogens (tertiary/aromatic N) is 1. The number of piperidine rings is 1. The van der Waals surface area contributed by atoms with Crippen LogP contribution in [-0.2, 0) is 9.59 Å². The van der Waals surface area contributed by atoms with Gasteiger partial charge in [0, 0.05) is 41.7 Å². The van der Waals surface area contributed by atoms with Crippen molar-refractivity contribution in [2.45, 2.75) is 39.2 Å². The van der Waals surface area contributed by atoms with Crippen LogP contribution in [0.15, 0.2) is 28.7 Å². The van der Waals surface area contributed by atoms with Gasteiger partial charge in [0.05, 0.1) is 0 Å². The van der Waals surface area contributed by atoms with Gasteiger partial charge >= 0.3 is 0 Å². The van der Waals surface area contributed by atoms with Crippen molar-refractivity contribution in [2.24, 2.45) is 5.92 Å². The molecule has 2 rings (SSSR count). The molecular formula is C19H24BrFN2O2. The predicted octanol–water partition coefficient (Wildman–Crippen LogP) is 3.75. The lowest BCUT2D eigenvalue weighted by Gasteiger charge is -2.32. The molecule has 1 heterocycles. The maximum atomic E-state index is 13.6. The first-order chi connectivity index (χ1) is 11.8. The molecule has 0 radical (unpaired) electrons. The predicted molar refractivity (Wildman–Crippen MR) is 100 cm³/mol. The number of carbonyl (C=O) groups excluding carboxylic acids is 2. The summed E-state index contributed by atoms with van der Waals surface area (Å²) in [6, 6.07) is 4.64. The van der Waals surface area contributed by atoms with Crippen LogP contribution in [0.5, 0.6) is 0 Å².